The molecule has 0 fully saturated rings. The van der Waals surface area contributed by atoms with Crippen LogP contribution in [0.2, 0.25) is 0 Å². The van der Waals surface area contributed by atoms with Gasteiger partial charge in [-0.1, -0.05) is 0 Å². The van der Waals surface area contributed by atoms with Crippen LogP contribution < -0.4 is 0 Å². The SMILES string of the molecule is COCOCC(C)(COC(C)=O)[N+](=O)[O-]. The van der Waals surface area contributed by atoms with E-state index in [1.165, 1.54) is 21.0 Å². The van der Waals surface area contributed by atoms with Gasteiger partial charge in [-0.3, -0.25) is 14.9 Å². The molecule has 0 saturated heterocycles. The van der Waals surface area contributed by atoms with E-state index in [0.717, 1.165) is 0 Å². The zero-order valence-corrected chi connectivity index (χ0v) is 9.02. The molecule has 0 radical (unpaired) electrons. The number of nitrogens with zero attached hydrogens (tertiary/aromatic N) is 1. The van der Waals surface area contributed by atoms with Crippen LogP contribution in [0.5, 0.6) is 0 Å². The van der Waals surface area contributed by atoms with E-state index in [9.17, 15) is 14.9 Å². The van der Waals surface area contributed by atoms with Crippen molar-refractivity contribution in [3.05, 3.63) is 10.1 Å². The first-order valence-corrected chi connectivity index (χ1v) is 4.27. The number of hydrogen-bond acceptors (Lipinski definition) is 6. The van der Waals surface area contributed by atoms with Gasteiger partial charge in [0.1, 0.15) is 13.4 Å². The van der Waals surface area contributed by atoms with Gasteiger partial charge < -0.3 is 14.2 Å². The van der Waals surface area contributed by atoms with Crippen molar-refractivity contribution in [2.75, 3.05) is 27.1 Å². The standard InChI is InChI=1S/C8H15NO6/c1-7(10)15-5-8(2,9(11)12)4-14-6-13-3/h4-6H2,1-3H3. The molecule has 0 rings (SSSR count). The molecular weight excluding hydrogens is 206 g/mol. The monoisotopic (exact) mass is 221 g/mol. The highest BCUT2D eigenvalue weighted by Gasteiger charge is 2.39. The summed E-state index contributed by atoms with van der Waals surface area (Å²) in [6.45, 7) is 1.99. The van der Waals surface area contributed by atoms with E-state index in [0.29, 0.717) is 0 Å². The largest absolute Gasteiger partial charge is 0.458 e. The minimum Gasteiger partial charge on any atom is -0.458 e. The fraction of sp³-hybridized carbons (Fsp3) is 0.875. The van der Waals surface area contributed by atoms with E-state index in [4.69, 9.17) is 4.74 Å². The minimum absolute atomic E-state index is 0.0382. The summed E-state index contributed by atoms with van der Waals surface area (Å²) >= 11 is 0. The van der Waals surface area contributed by atoms with Crippen molar-refractivity contribution in [3.8, 4) is 0 Å². The van der Waals surface area contributed by atoms with Gasteiger partial charge >= 0.3 is 5.97 Å². The molecule has 1 unspecified atom stereocenters. The second kappa shape index (κ2) is 6.31. The average molecular weight is 221 g/mol. The number of hydrogen-bond donors (Lipinski definition) is 0. The molecular formula is C8H15NO6. The Morgan fingerprint density at radius 2 is 2.07 bits per heavy atom. The fourth-order valence-electron chi connectivity index (χ4n) is 0.749. The highest BCUT2D eigenvalue weighted by atomic mass is 16.7. The van der Waals surface area contributed by atoms with Gasteiger partial charge in [0.05, 0.1) is 0 Å². The van der Waals surface area contributed by atoms with Gasteiger partial charge in [0, 0.05) is 25.9 Å². The quantitative estimate of drug-likeness (QED) is 0.201. The number of methoxy groups -OCH3 is 1. The Hall–Kier alpha value is -1.21. The van der Waals surface area contributed by atoms with E-state index in [2.05, 4.69) is 9.47 Å². The smallest absolute Gasteiger partial charge is 0.302 e. The average Bonchev–Trinajstić information content (AvgIpc) is 2.15. The van der Waals surface area contributed by atoms with Crippen LogP contribution in [0.4, 0.5) is 0 Å². The van der Waals surface area contributed by atoms with Crippen LogP contribution in [0.25, 0.3) is 0 Å². The van der Waals surface area contributed by atoms with Crippen molar-refractivity contribution in [1.82, 2.24) is 0 Å². The molecule has 0 aromatic heterocycles. The van der Waals surface area contributed by atoms with Crippen molar-refractivity contribution in [2.24, 2.45) is 0 Å². The zero-order valence-electron chi connectivity index (χ0n) is 9.02. The van der Waals surface area contributed by atoms with Crippen molar-refractivity contribution in [3.63, 3.8) is 0 Å². The Kier molecular flexibility index (Phi) is 5.80. The topological polar surface area (TPSA) is 87.9 Å². The summed E-state index contributed by atoms with van der Waals surface area (Å²) < 4.78 is 14.1. The molecule has 0 aliphatic heterocycles. The van der Waals surface area contributed by atoms with E-state index in [-0.39, 0.29) is 20.0 Å². The molecule has 7 heteroatoms. The summed E-state index contributed by atoms with van der Waals surface area (Å²) in [5, 5.41) is 10.7. The van der Waals surface area contributed by atoms with E-state index in [1.807, 2.05) is 0 Å². The maximum Gasteiger partial charge on any atom is 0.302 e. The lowest BCUT2D eigenvalue weighted by Crippen LogP contribution is -2.45. The molecule has 0 aliphatic carbocycles. The van der Waals surface area contributed by atoms with E-state index in [1.54, 1.807) is 0 Å². The molecule has 0 N–H and O–H groups in total. The Morgan fingerprint density at radius 1 is 1.47 bits per heavy atom. The van der Waals surface area contributed by atoms with Crippen LogP contribution >= 0.6 is 0 Å². The zero-order chi connectivity index (χ0) is 11.9. The maximum absolute atomic E-state index is 10.7. The van der Waals surface area contributed by atoms with Gasteiger partial charge in [0.25, 0.3) is 5.54 Å². The van der Waals surface area contributed by atoms with Crippen LogP contribution in [0.15, 0.2) is 0 Å². The molecule has 7 nitrogen and oxygen atoms in total. The third-order valence-corrected chi connectivity index (χ3v) is 1.64. The number of ether oxygens (including phenoxy) is 3. The fourth-order valence-corrected chi connectivity index (χ4v) is 0.749. The van der Waals surface area contributed by atoms with Gasteiger partial charge in [-0.25, -0.2) is 0 Å². The van der Waals surface area contributed by atoms with E-state index < -0.39 is 16.4 Å². The van der Waals surface area contributed by atoms with Crippen LogP contribution in [-0.4, -0.2) is 43.5 Å². The minimum atomic E-state index is -1.44. The maximum atomic E-state index is 10.7. The molecule has 0 bridgehead atoms. The summed E-state index contributed by atoms with van der Waals surface area (Å²) in [4.78, 5) is 20.7. The molecule has 0 saturated carbocycles. The lowest BCUT2D eigenvalue weighted by atomic mass is 10.1. The highest BCUT2D eigenvalue weighted by molar-refractivity contribution is 5.65. The number of nitro groups is 1. The lowest BCUT2D eigenvalue weighted by molar-refractivity contribution is -0.573. The second-order valence-electron chi connectivity index (χ2n) is 3.29. The molecule has 0 aromatic carbocycles. The Morgan fingerprint density at radius 3 is 2.47 bits per heavy atom. The van der Waals surface area contributed by atoms with Gasteiger partial charge in [0.15, 0.2) is 6.61 Å². The van der Waals surface area contributed by atoms with E-state index >= 15 is 0 Å². The van der Waals surface area contributed by atoms with Gasteiger partial charge in [-0.15, -0.1) is 0 Å². The third kappa shape index (κ3) is 5.28. The number of esters is 1. The van der Waals surface area contributed by atoms with Crippen LogP contribution in [-0.2, 0) is 19.0 Å². The van der Waals surface area contributed by atoms with Gasteiger partial charge in [0.2, 0.25) is 0 Å². The first kappa shape index (κ1) is 13.8. The summed E-state index contributed by atoms with van der Waals surface area (Å²) in [7, 11) is 1.41. The molecule has 1 atom stereocenters. The van der Waals surface area contributed by atoms with Gasteiger partial charge in [-0.2, -0.15) is 0 Å². The predicted octanol–water partition coefficient (Wildman–Crippen LogP) is 0.205. The molecule has 0 heterocycles. The Balaban J connectivity index is 4.19. The number of carbonyl (C=O) groups excluding carboxylic acids is 1. The summed E-state index contributed by atoms with van der Waals surface area (Å²) in [5.74, 6) is -0.560. The Bertz CT molecular complexity index is 231. The molecule has 0 aliphatic rings. The molecule has 15 heavy (non-hydrogen) atoms. The van der Waals surface area contributed by atoms with Crippen molar-refractivity contribution in [2.45, 2.75) is 19.4 Å². The Labute approximate surface area is 87.4 Å². The summed E-state index contributed by atoms with van der Waals surface area (Å²) in [6, 6.07) is 0. The number of rotatable bonds is 7. The number of carbonyl (C=O) groups is 1. The predicted molar refractivity (Wildman–Crippen MR) is 49.9 cm³/mol. The van der Waals surface area contributed by atoms with Crippen molar-refractivity contribution >= 4 is 5.97 Å². The third-order valence-electron chi connectivity index (χ3n) is 1.64. The lowest BCUT2D eigenvalue weighted by Gasteiger charge is -2.19. The van der Waals surface area contributed by atoms with Crippen molar-refractivity contribution < 1.29 is 23.9 Å². The molecule has 0 spiro atoms. The molecule has 0 amide bonds. The van der Waals surface area contributed by atoms with Crippen molar-refractivity contribution in [1.29, 1.82) is 0 Å². The highest BCUT2D eigenvalue weighted by Crippen LogP contribution is 2.10. The van der Waals surface area contributed by atoms with Crippen LogP contribution in [0, 0.1) is 10.1 Å². The second-order valence-corrected chi connectivity index (χ2v) is 3.29. The molecule has 0 aromatic rings. The van der Waals surface area contributed by atoms with Crippen LogP contribution in [0.3, 0.4) is 0 Å². The molecule has 88 valence electrons. The van der Waals surface area contributed by atoms with Gasteiger partial charge in [-0.05, 0) is 0 Å². The summed E-state index contributed by atoms with van der Waals surface area (Å²) in [5.41, 5.74) is -1.44. The van der Waals surface area contributed by atoms with Crippen LogP contribution in [0.1, 0.15) is 13.8 Å². The first-order chi connectivity index (χ1) is 6.92. The first-order valence-electron chi connectivity index (χ1n) is 4.27. The summed E-state index contributed by atoms with van der Waals surface area (Å²) in [6.07, 6.45) is 0. The normalized spacial score (nSPS) is 14.3.